The molecule has 1 saturated heterocycles. The van der Waals surface area contributed by atoms with Crippen LogP contribution >= 0.6 is 15.9 Å². The number of aromatic nitrogens is 1. The molecule has 3 nitrogen and oxygen atoms in total. The predicted octanol–water partition coefficient (Wildman–Crippen LogP) is 3.42. The van der Waals surface area contributed by atoms with Gasteiger partial charge in [0, 0.05) is 30.3 Å². The molecule has 0 radical (unpaired) electrons. The lowest BCUT2D eigenvalue weighted by atomic mass is 10.1. The lowest BCUT2D eigenvalue weighted by molar-refractivity contribution is -0.0350. The van der Waals surface area contributed by atoms with E-state index in [4.69, 9.17) is 4.74 Å². The third-order valence-electron chi connectivity index (χ3n) is 3.48. The number of hydrogen-bond donors (Lipinski definition) is 0. The van der Waals surface area contributed by atoms with Crippen molar-refractivity contribution in [3.63, 3.8) is 0 Å². The number of pyridine rings is 1. The topological polar surface area (TPSA) is 25.4 Å². The molecule has 0 spiro atoms. The molecule has 1 fully saturated rings. The first-order chi connectivity index (χ1) is 9.81. The van der Waals surface area contributed by atoms with E-state index in [0.29, 0.717) is 0 Å². The summed E-state index contributed by atoms with van der Waals surface area (Å²) >= 11 is 3.41. The van der Waals surface area contributed by atoms with Crippen LogP contribution in [-0.4, -0.2) is 29.6 Å². The van der Waals surface area contributed by atoms with Crippen molar-refractivity contribution in [3.8, 4) is 0 Å². The van der Waals surface area contributed by atoms with Crippen molar-refractivity contribution in [2.24, 2.45) is 0 Å². The summed E-state index contributed by atoms with van der Waals surface area (Å²) in [6.45, 7) is 3.60. The maximum absolute atomic E-state index is 5.85. The molecule has 2 heterocycles. The molecule has 1 atom stereocenters. The number of ether oxygens (including phenoxy) is 1. The molecule has 3 rings (SSSR count). The molecule has 1 aromatic heterocycles. The van der Waals surface area contributed by atoms with E-state index in [0.717, 1.165) is 36.4 Å². The highest BCUT2D eigenvalue weighted by Gasteiger charge is 2.22. The summed E-state index contributed by atoms with van der Waals surface area (Å²) < 4.78 is 6.85. The summed E-state index contributed by atoms with van der Waals surface area (Å²) in [4.78, 5) is 6.87. The maximum Gasteiger partial charge on any atom is 0.112 e. The SMILES string of the molecule is Brc1ccc([C@@H]2CN(Cc3ccccc3)CCO2)nc1. The van der Waals surface area contributed by atoms with Crippen molar-refractivity contribution in [3.05, 3.63) is 64.4 Å². The van der Waals surface area contributed by atoms with Crippen molar-refractivity contribution in [2.45, 2.75) is 12.6 Å². The van der Waals surface area contributed by atoms with Gasteiger partial charge in [-0.15, -0.1) is 0 Å². The quantitative estimate of drug-likeness (QED) is 0.861. The fourth-order valence-corrected chi connectivity index (χ4v) is 2.68. The average Bonchev–Trinajstić information content (AvgIpc) is 2.49. The molecular formula is C16H17BrN2O. The monoisotopic (exact) mass is 332 g/mol. The molecule has 2 aromatic rings. The van der Waals surface area contributed by atoms with E-state index in [1.165, 1.54) is 5.56 Å². The van der Waals surface area contributed by atoms with Gasteiger partial charge in [-0.05, 0) is 33.6 Å². The van der Waals surface area contributed by atoms with E-state index < -0.39 is 0 Å². The number of hydrogen-bond acceptors (Lipinski definition) is 3. The van der Waals surface area contributed by atoms with Gasteiger partial charge in [-0.2, -0.15) is 0 Å². The second-order valence-corrected chi connectivity index (χ2v) is 5.90. The van der Waals surface area contributed by atoms with Crippen molar-refractivity contribution in [1.29, 1.82) is 0 Å². The fourth-order valence-electron chi connectivity index (χ4n) is 2.44. The highest BCUT2D eigenvalue weighted by molar-refractivity contribution is 9.10. The molecule has 0 bridgehead atoms. The number of halogens is 1. The second-order valence-electron chi connectivity index (χ2n) is 4.98. The normalized spacial score (nSPS) is 19.9. The minimum Gasteiger partial charge on any atom is -0.369 e. The van der Waals surface area contributed by atoms with Crippen LogP contribution in [0.5, 0.6) is 0 Å². The second kappa shape index (κ2) is 6.48. The van der Waals surface area contributed by atoms with Crippen LogP contribution in [0.2, 0.25) is 0 Å². The summed E-state index contributed by atoms with van der Waals surface area (Å²) in [6, 6.07) is 14.6. The molecule has 0 N–H and O–H groups in total. The Labute approximate surface area is 127 Å². The standard InChI is InChI=1S/C16H17BrN2O/c17-14-6-7-15(18-10-14)16-12-19(8-9-20-16)11-13-4-2-1-3-5-13/h1-7,10,16H,8-9,11-12H2/t16-/m0/s1. The largest absolute Gasteiger partial charge is 0.369 e. The molecule has 20 heavy (non-hydrogen) atoms. The van der Waals surface area contributed by atoms with Crippen molar-refractivity contribution >= 4 is 15.9 Å². The van der Waals surface area contributed by atoms with Crippen molar-refractivity contribution in [1.82, 2.24) is 9.88 Å². The van der Waals surface area contributed by atoms with E-state index in [1.54, 1.807) is 0 Å². The van der Waals surface area contributed by atoms with Gasteiger partial charge in [0.1, 0.15) is 6.10 Å². The van der Waals surface area contributed by atoms with Crippen molar-refractivity contribution < 1.29 is 4.74 Å². The van der Waals surface area contributed by atoms with E-state index >= 15 is 0 Å². The summed E-state index contributed by atoms with van der Waals surface area (Å²) in [5.74, 6) is 0. The number of rotatable bonds is 3. The van der Waals surface area contributed by atoms with Gasteiger partial charge in [-0.25, -0.2) is 0 Å². The Morgan fingerprint density at radius 1 is 1.20 bits per heavy atom. The first kappa shape index (κ1) is 13.7. The summed E-state index contributed by atoms with van der Waals surface area (Å²) in [7, 11) is 0. The molecule has 4 heteroatoms. The molecule has 1 aliphatic rings. The van der Waals surface area contributed by atoms with Crippen LogP contribution in [-0.2, 0) is 11.3 Å². The molecule has 0 aliphatic carbocycles. The Morgan fingerprint density at radius 2 is 2.05 bits per heavy atom. The Bertz CT molecular complexity index is 544. The maximum atomic E-state index is 5.85. The molecule has 0 saturated carbocycles. The van der Waals surface area contributed by atoms with Crippen molar-refractivity contribution in [2.75, 3.05) is 19.7 Å². The predicted molar refractivity (Wildman–Crippen MR) is 82.3 cm³/mol. The Morgan fingerprint density at radius 3 is 2.80 bits per heavy atom. The summed E-state index contributed by atoms with van der Waals surface area (Å²) in [5, 5.41) is 0. The summed E-state index contributed by atoms with van der Waals surface area (Å²) in [5.41, 5.74) is 2.35. The van der Waals surface area contributed by atoms with Crippen LogP contribution < -0.4 is 0 Å². The van der Waals surface area contributed by atoms with Gasteiger partial charge < -0.3 is 4.74 Å². The highest BCUT2D eigenvalue weighted by Crippen LogP contribution is 2.22. The zero-order valence-corrected chi connectivity index (χ0v) is 12.8. The van der Waals surface area contributed by atoms with Gasteiger partial charge in [0.15, 0.2) is 0 Å². The molecular weight excluding hydrogens is 316 g/mol. The minimum atomic E-state index is 0.0700. The summed E-state index contributed by atoms with van der Waals surface area (Å²) in [6.07, 6.45) is 1.90. The fraction of sp³-hybridized carbons (Fsp3) is 0.312. The third kappa shape index (κ3) is 3.45. The van der Waals surface area contributed by atoms with Crippen LogP contribution in [0.25, 0.3) is 0 Å². The zero-order chi connectivity index (χ0) is 13.8. The Hall–Kier alpha value is -1.23. The number of nitrogens with zero attached hydrogens (tertiary/aromatic N) is 2. The van der Waals surface area contributed by atoms with Gasteiger partial charge in [-0.3, -0.25) is 9.88 Å². The molecule has 0 amide bonds. The van der Waals surface area contributed by atoms with Crippen LogP contribution in [0.15, 0.2) is 53.1 Å². The van der Waals surface area contributed by atoms with Gasteiger partial charge in [0.2, 0.25) is 0 Å². The smallest absolute Gasteiger partial charge is 0.112 e. The number of benzene rings is 1. The van der Waals surface area contributed by atoms with Gasteiger partial charge >= 0.3 is 0 Å². The minimum absolute atomic E-state index is 0.0700. The van der Waals surface area contributed by atoms with Crippen LogP contribution in [0, 0.1) is 0 Å². The van der Waals surface area contributed by atoms with Gasteiger partial charge in [-0.1, -0.05) is 30.3 Å². The van der Waals surface area contributed by atoms with Crippen LogP contribution in [0.1, 0.15) is 17.4 Å². The third-order valence-corrected chi connectivity index (χ3v) is 3.95. The van der Waals surface area contributed by atoms with Crippen LogP contribution in [0.4, 0.5) is 0 Å². The molecule has 1 aliphatic heterocycles. The Kier molecular flexibility index (Phi) is 4.45. The van der Waals surface area contributed by atoms with E-state index in [2.05, 4.69) is 56.1 Å². The Balaban J connectivity index is 1.66. The van der Waals surface area contributed by atoms with Gasteiger partial charge in [0.05, 0.1) is 12.3 Å². The lowest BCUT2D eigenvalue weighted by Crippen LogP contribution is -2.38. The first-order valence-electron chi connectivity index (χ1n) is 6.80. The van der Waals surface area contributed by atoms with Gasteiger partial charge in [0.25, 0.3) is 0 Å². The van der Waals surface area contributed by atoms with Crippen LogP contribution in [0.3, 0.4) is 0 Å². The molecule has 0 unspecified atom stereocenters. The van der Waals surface area contributed by atoms with E-state index in [-0.39, 0.29) is 6.10 Å². The molecule has 104 valence electrons. The highest BCUT2D eigenvalue weighted by atomic mass is 79.9. The molecule has 1 aromatic carbocycles. The first-order valence-corrected chi connectivity index (χ1v) is 7.60. The average molecular weight is 333 g/mol. The van der Waals surface area contributed by atoms with E-state index in [9.17, 15) is 0 Å². The lowest BCUT2D eigenvalue weighted by Gasteiger charge is -2.32. The zero-order valence-electron chi connectivity index (χ0n) is 11.2. The van der Waals surface area contributed by atoms with E-state index in [1.807, 2.05) is 18.3 Å². The number of morpholine rings is 1.